The molecule has 0 aromatic rings. The molecule has 1 radical (unpaired) electrons. The fourth-order valence-electron chi connectivity index (χ4n) is 0. The van der Waals surface area contributed by atoms with Gasteiger partial charge in [-0.3, -0.25) is 9.24 Å². The van der Waals surface area contributed by atoms with Gasteiger partial charge < -0.3 is 18.4 Å². The Morgan fingerprint density at radius 1 is 1.71 bits per heavy atom. The number of hydrogen-bond donors (Lipinski definition) is 0. The van der Waals surface area contributed by atoms with Crippen molar-refractivity contribution in [3.05, 3.63) is 13.6 Å². The molecule has 41 valence electrons. The standard InChI is InChI=1S/C3H6OP.CH3.V/c1-3(4)2-5;;/h2H,5H2,1H3;1H3;/q2*-1;+2. The molecular formula is C4H9OPV. The topological polar surface area (TPSA) is 17.1 Å². The molecule has 0 N–H and O–H groups in total. The molecule has 0 aromatic heterocycles. The van der Waals surface area contributed by atoms with E-state index in [0.717, 1.165) is 0 Å². The van der Waals surface area contributed by atoms with Gasteiger partial charge in [0.05, 0.1) is 0 Å². The molecule has 0 rings (SSSR count). The van der Waals surface area contributed by atoms with Gasteiger partial charge in [0.1, 0.15) is 0 Å². The van der Waals surface area contributed by atoms with Crippen molar-refractivity contribution in [1.82, 2.24) is 0 Å². The van der Waals surface area contributed by atoms with E-state index in [1.165, 1.54) is 13.1 Å². The van der Waals surface area contributed by atoms with E-state index in [0.29, 0.717) is 0 Å². The first-order chi connectivity index (χ1) is 2.27. The number of hydrogen-bond acceptors (Lipinski definition) is 1. The Kier molecular flexibility index (Phi) is 21.8. The van der Waals surface area contributed by atoms with E-state index in [1.54, 1.807) is 0 Å². The molecule has 0 fully saturated rings. The van der Waals surface area contributed by atoms with Crippen LogP contribution >= 0.6 is 9.24 Å². The quantitative estimate of drug-likeness (QED) is 0.408. The number of ketones is 1. The normalized spacial score (nSPS) is 4.86. The zero-order valence-electron chi connectivity index (χ0n) is 4.51. The smallest absolute Gasteiger partial charge is 0.358 e. The van der Waals surface area contributed by atoms with Gasteiger partial charge >= 0.3 is 18.6 Å². The van der Waals surface area contributed by atoms with Crippen LogP contribution in [-0.4, -0.2) is 5.78 Å². The molecule has 1 nitrogen and oxygen atoms in total. The van der Waals surface area contributed by atoms with Gasteiger partial charge in [-0.1, -0.05) is 0 Å². The van der Waals surface area contributed by atoms with Gasteiger partial charge in [0.25, 0.3) is 0 Å². The molecule has 1 unspecified atom stereocenters. The van der Waals surface area contributed by atoms with E-state index in [9.17, 15) is 4.79 Å². The molecule has 0 aliphatic carbocycles. The molecule has 0 saturated heterocycles. The van der Waals surface area contributed by atoms with Crippen LogP contribution in [0.5, 0.6) is 0 Å². The first kappa shape index (κ1) is 15.6. The molecular weight excluding hydrogens is 146 g/mol. The van der Waals surface area contributed by atoms with Crippen molar-refractivity contribution in [3.8, 4) is 0 Å². The maximum Gasteiger partial charge on any atom is 2.00 e. The third-order valence-electron chi connectivity index (χ3n) is 0.235. The predicted molar refractivity (Wildman–Crippen MR) is 31.1 cm³/mol. The molecule has 0 spiro atoms. The molecule has 0 amide bonds. The third-order valence-corrected chi connectivity index (χ3v) is 0.704. The third kappa shape index (κ3) is 20.8. The van der Waals surface area contributed by atoms with Crippen molar-refractivity contribution in [2.45, 2.75) is 6.92 Å². The minimum Gasteiger partial charge on any atom is -0.358 e. The molecule has 0 aliphatic rings. The van der Waals surface area contributed by atoms with Crippen LogP contribution in [0.1, 0.15) is 6.92 Å². The van der Waals surface area contributed by atoms with Gasteiger partial charge in [-0.15, -0.1) is 0 Å². The minimum absolute atomic E-state index is 0. The summed E-state index contributed by atoms with van der Waals surface area (Å²) in [6.07, 6.45) is 1.44. The summed E-state index contributed by atoms with van der Waals surface area (Å²) in [4.78, 5) is 9.74. The summed E-state index contributed by atoms with van der Waals surface area (Å²) in [7, 11) is 2.22. The van der Waals surface area contributed by atoms with Crippen LogP contribution in [0.2, 0.25) is 0 Å². The summed E-state index contributed by atoms with van der Waals surface area (Å²) < 4.78 is 0. The maximum atomic E-state index is 9.74. The van der Waals surface area contributed by atoms with Crippen molar-refractivity contribution in [2.24, 2.45) is 0 Å². The average Bonchev–Trinajstić information content (AvgIpc) is 1.38. The minimum atomic E-state index is 0. The number of carbonyl (C=O) groups is 1. The molecule has 0 aromatic carbocycles. The molecule has 0 heterocycles. The SMILES string of the molecule is CC(=O)[CH-]P.[CH3-].[V+2]. The van der Waals surface area contributed by atoms with E-state index in [-0.39, 0.29) is 31.8 Å². The summed E-state index contributed by atoms with van der Waals surface area (Å²) in [5.41, 5.74) is 0. The summed E-state index contributed by atoms with van der Waals surface area (Å²) in [6, 6.07) is 0. The van der Waals surface area contributed by atoms with E-state index < -0.39 is 0 Å². The van der Waals surface area contributed by atoms with Gasteiger partial charge in [-0.2, -0.15) is 0 Å². The monoisotopic (exact) mass is 155 g/mol. The first-order valence-corrected chi connectivity index (χ1v) is 1.99. The zero-order chi connectivity index (χ0) is 4.28. The second kappa shape index (κ2) is 9.75. The van der Waals surface area contributed by atoms with Crippen LogP contribution < -0.4 is 0 Å². The Morgan fingerprint density at radius 2 is 1.86 bits per heavy atom. The van der Waals surface area contributed by atoms with Crippen LogP contribution in [0.15, 0.2) is 0 Å². The van der Waals surface area contributed by atoms with Crippen molar-refractivity contribution in [1.29, 1.82) is 0 Å². The van der Waals surface area contributed by atoms with Crippen molar-refractivity contribution in [3.63, 3.8) is 0 Å². The van der Waals surface area contributed by atoms with Crippen LogP contribution in [0.4, 0.5) is 0 Å². The summed E-state index contributed by atoms with van der Waals surface area (Å²) in [6.45, 7) is 1.51. The van der Waals surface area contributed by atoms with E-state index in [1.807, 2.05) is 0 Å². The zero-order valence-corrected chi connectivity index (χ0v) is 7.06. The van der Waals surface area contributed by atoms with E-state index in [4.69, 9.17) is 0 Å². The van der Waals surface area contributed by atoms with Crippen molar-refractivity contribution < 1.29 is 23.4 Å². The molecule has 1 atom stereocenters. The first-order valence-electron chi connectivity index (χ1n) is 1.33. The largest absolute Gasteiger partial charge is 2.00 e. The predicted octanol–water partition coefficient (Wildman–Crippen LogP) is 1.06. The maximum absolute atomic E-state index is 9.74. The summed E-state index contributed by atoms with van der Waals surface area (Å²) >= 11 is 0. The van der Waals surface area contributed by atoms with Gasteiger partial charge in [-0.05, 0) is 12.7 Å². The van der Waals surface area contributed by atoms with Crippen LogP contribution in [0, 0.1) is 13.6 Å². The number of rotatable bonds is 1. The Hall–Kier alpha value is 0.554. The molecule has 0 aliphatic heterocycles. The van der Waals surface area contributed by atoms with Crippen LogP contribution in [-0.2, 0) is 23.4 Å². The molecule has 7 heavy (non-hydrogen) atoms. The molecule has 0 bridgehead atoms. The van der Waals surface area contributed by atoms with E-state index in [2.05, 4.69) is 9.24 Å². The van der Waals surface area contributed by atoms with Crippen molar-refractivity contribution >= 4 is 15.0 Å². The van der Waals surface area contributed by atoms with E-state index >= 15 is 0 Å². The fraction of sp³-hybridized carbons (Fsp3) is 0.250. The second-order valence-electron chi connectivity index (χ2n) is 0.777. The van der Waals surface area contributed by atoms with Gasteiger partial charge in [-0.25, -0.2) is 0 Å². The van der Waals surface area contributed by atoms with Crippen LogP contribution in [0.3, 0.4) is 0 Å². The van der Waals surface area contributed by atoms with Gasteiger partial charge in [0, 0.05) is 0 Å². The van der Waals surface area contributed by atoms with Gasteiger partial charge in [0.15, 0.2) is 0 Å². The molecule has 0 saturated carbocycles. The summed E-state index contributed by atoms with van der Waals surface area (Å²) in [5, 5.41) is 0. The molecule has 3 heteroatoms. The Morgan fingerprint density at radius 3 is 1.86 bits per heavy atom. The Balaban J connectivity index is -0.0000000800. The van der Waals surface area contributed by atoms with Crippen molar-refractivity contribution in [2.75, 3.05) is 0 Å². The Labute approximate surface area is 59.3 Å². The fourth-order valence-corrected chi connectivity index (χ4v) is 0. The second-order valence-corrected chi connectivity index (χ2v) is 1.11. The number of carbonyl (C=O) groups excluding carboxylic acids is 1. The number of Topliss-reactive ketones (excluding diaryl/α,β-unsaturated/α-hetero) is 1. The summed E-state index contributed by atoms with van der Waals surface area (Å²) in [5.74, 6) is 0.0926. The Bertz CT molecular complexity index is 47.0. The average molecular weight is 155 g/mol. The van der Waals surface area contributed by atoms with Crippen LogP contribution in [0.25, 0.3) is 0 Å². The van der Waals surface area contributed by atoms with Gasteiger partial charge in [0.2, 0.25) is 0 Å².